The number of para-hydroxylation sites is 1. The molecular weight excluding hydrogens is 350 g/mol. The number of aromatic carboxylic acids is 1. The van der Waals surface area contributed by atoms with Crippen LogP contribution < -0.4 is 0 Å². The summed E-state index contributed by atoms with van der Waals surface area (Å²) in [5.74, 6) is -0.613. The molecule has 0 saturated heterocycles. The van der Waals surface area contributed by atoms with E-state index in [1.807, 2.05) is 25.1 Å². The molecule has 0 spiro atoms. The second-order valence-corrected chi connectivity index (χ2v) is 6.58. The zero-order valence-corrected chi connectivity index (χ0v) is 14.8. The van der Waals surface area contributed by atoms with Crippen LogP contribution in [0.3, 0.4) is 0 Å². The Morgan fingerprint density at radius 1 is 1.33 bits per heavy atom. The highest BCUT2D eigenvalue weighted by Crippen LogP contribution is 2.27. The average Bonchev–Trinajstić information content (AvgIpc) is 3.20. The molecule has 2 N–H and O–H groups in total. The predicted molar refractivity (Wildman–Crippen MR) is 95.7 cm³/mol. The topological polar surface area (TPSA) is 109 Å². The Morgan fingerprint density at radius 3 is 2.89 bits per heavy atom. The maximum atomic E-state index is 13.1. The Bertz CT molecular complexity index is 1050. The van der Waals surface area contributed by atoms with E-state index < -0.39 is 5.97 Å². The van der Waals surface area contributed by atoms with E-state index in [-0.39, 0.29) is 31.3 Å². The number of rotatable bonds is 4. The summed E-state index contributed by atoms with van der Waals surface area (Å²) in [7, 11) is 0. The first-order chi connectivity index (χ1) is 13.0. The molecule has 0 atom stereocenters. The molecule has 2 aromatic heterocycles. The van der Waals surface area contributed by atoms with Crippen LogP contribution in [-0.4, -0.2) is 49.9 Å². The van der Waals surface area contributed by atoms with Crippen molar-refractivity contribution in [3.63, 3.8) is 0 Å². The third-order valence-corrected chi connectivity index (χ3v) is 4.83. The summed E-state index contributed by atoms with van der Waals surface area (Å²) in [6.45, 7) is 2.54. The van der Waals surface area contributed by atoms with Crippen LogP contribution in [0.25, 0.3) is 11.0 Å². The molecule has 1 aromatic carbocycles. The Labute approximate surface area is 154 Å². The third-order valence-electron chi connectivity index (χ3n) is 4.83. The van der Waals surface area contributed by atoms with Gasteiger partial charge in [0.15, 0.2) is 5.69 Å². The number of aliphatic hydroxyl groups is 1. The predicted octanol–water partition coefficient (Wildman–Crippen LogP) is 1.83. The molecule has 4 rings (SSSR count). The first-order valence-electron chi connectivity index (χ1n) is 8.70. The second kappa shape index (κ2) is 6.55. The van der Waals surface area contributed by atoms with Crippen LogP contribution in [-0.2, 0) is 19.5 Å². The number of nitrogens with zero attached hydrogens (tertiary/aromatic N) is 3. The highest BCUT2D eigenvalue weighted by atomic mass is 16.4. The van der Waals surface area contributed by atoms with Crippen LogP contribution in [0.4, 0.5) is 0 Å². The zero-order valence-electron chi connectivity index (χ0n) is 14.8. The molecule has 1 aliphatic rings. The van der Waals surface area contributed by atoms with Crippen molar-refractivity contribution in [3.8, 4) is 0 Å². The minimum atomic E-state index is -1.14. The van der Waals surface area contributed by atoms with E-state index in [4.69, 9.17) is 4.42 Å². The molecule has 0 saturated carbocycles. The number of carbonyl (C=O) groups excluding carboxylic acids is 1. The van der Waals surface area contributed by atoms with Gasteiger partial charge in [0.1, 0.15) is 11.3 Å². The summed E-state index contributed by atoms with van der Waals surface area (Å²) in [4.78, 5) is 26.3. The minimum Gasteiger partial charge on any atom is -0.476 e. The van der Waals surface area contributed by atoms with Gasteiger partial charge in [-0.1, -0.05) is 12.1 Å². The van der Waals surface area contributed by atoms with Crippen molar-refractivity contribution >= 4 is 22.8 Å². The third kappa shape index (κ3) is 2.87. The van der Waals surface area contributed by atoms with E-state index in [2.05, 4.69) is 5.10 Å². The number of hydrogen-bond donors (Lipinski definition) is 2. The quantitative estimate of drug-likeness (QED) is 0.726. The Kier molecular flexibility index (Phi) is 4.19. The van der Waals surface area contributed by atoms with Crippen LogP contribution in [0, 0.1) is 6.92 Å². The number of aromatic nitrogens is 2. The lowest BCUT2D eigenvalue weighted by atomic mass is 10.0. The first kappa shape index (κ1) is 17.3. The van der Waals surface area contributed by atoms with Crippen molar-refractivity contribution < 1.29 is 24.2 Å². The normalized spacial score (nSPS) is 13.8. The van der Waals surface area contributed by atoms with Gasteiger partial charge in [-0.3, -0.25) is 9.48 Å². The summed E-state index contributed by atoms with van der Waals surface area (Å²) in [5.41, 5.74) is 2.22. The van der Waals surface area contributed by atoms with Gasteiger partial charge in [-0.2, -0.15) is 5.10 Å². The van der Waals surface area contributed by atoms with E-state index in [1.54, 1.807) is 11.0 Å². The lowest BCUT2D eigenvalue weighted by Gasteiger charge is -2.27. The molecule has 27 heavy (non-hydrogen) atoms. The van der Waals surface area contributed by atoms with Gasteiger partial charge in [-0.05, 0) is 19.1 Å². The average molecular weight is 369 g/mol. The van der Waals surface area contributed by atoms with Crippen molar-refractivity contribution in [2.75, 3.05) is 13.2 Å². The lowest BCUT2D eigenvalue weighted by molar-refractivity contribution is 0.0674. The van der Waals surface area contributed by atoms with E-state index in [0.717, 1.165) is 16.8 Å². The number of amides is 1. The maximum Gasteiger partial charge on any atom is 0.356 e. The SMILES string of the molecule is Cc1cc2cccc(C(=O)N3CCc4c(c(C(=O)O)nn4CCO)C3)c2o1. The molecular formula is C19H19N3O5. The maximum absolute atomic E-state index is 13.1. The van der Waals surface area contributed by atoms with Gasteiger partial charge >= 0.3 is 5.97 Å². The van der Waals surface area contributed by atoms with Gasteiger partial charge < -0.3 is 19.5 Å². The molecule has 8 heteroatoms. The summed E-state index contributed by atoms with van der Waals surface area (Å²) in [5, 5.41) is 23.6. The summed E-state index contributed by atoms with van der Waals surface area (Å²) >= 11 is 0. The number of aryl methyl sites for hydroxylation is 1. The molecule has 0 radical (unpaired) electrons. The highest BCUT2D eigenvalue weighted by molar-refractivity contribution is 6.05. The van der Waals surface area contributed by atoms with Gasteiger partial charge in [0.2, 0.25) is 0 Å². The smallest absolute Gasteiger partial charge is 0.356 e. The van der Waals surface area contributed by atoms with Gasteiger partial charge in [0.25, 0.3) is 5.91 Å². The first-order valence-corrected chi connectivity index (χ1v) is 8.70. The molecule has 0 aliphatic carbocycles. The van der Waals surface area contributed by atoms with Crippen molar-refractivity contribution in [1.29, 1.82) is 0 Å². The Balaban J connectivity index is 1.69. The van der Waals surface area contributed by atoms with Crippen molar-refractivity contribution in [2.24, 2.45) is 0 Å². The molecule has 3 aromatic rings. The minimum absolute atomic E-state index is 0.0667. The fourth-order valence-corrected chi connectivity index (χ4v) is 3.65. The van der Waals surface area contributed by atoms with Crippen LogP contribution >= 0.6 is 0 Å². The van der Waals surface area contributed by atoms with Crippen molar-refractivity contribution in [1.82, 2.24) is 14.7 Å². The van der Waals surface area contributed by atoms with Crippen LogP contribution in [0.2, 0.25) is 0 Å². The number of carboxylic acid groups (broad SMARTS) is 1. The van der Waals surface area contributed by atoms with E-state index >= 15 is 0 Å². The Morgan fingerprint density at radius 2 is 2.15 bits per heavy atom. The number of carboxylic acids is 1. The van der Waals surface area contributed by atoms with Crippen molar-refractivity contribution in [3.05, 3.63) is 52.5 Å². The van der Waals surface area contributed by atoms with Gasteiger partial charge in [-0.25, -0.2) is 4.79 Å². The van der Waals surface area contributed by atoms with Gasteiger partial charge in [0, 0.05) is 29.6 Å². The van der Waals surface area contributed by atoms with Crippen LogP contribution in [0.15, 0.2) is 28.7 Å². The number of aliphatic hydroxyl groups excluding tert-OH is 1. The molecule has 1 aliphatic heterocycles. The fraction of sp³-hybridized carbons (Fsp3) is 0.316. The summed E-state index contributed by atoms with van der Waals surface area (Å²) < 4.78 is 7.22. The van der Waals surface area contributed by atoms with E-state index in [0.29, 0.717) is 29.7 Å². The number of hydrogen-bond acceptors (Lipinski definition) is 5. The number of fused-ring (bicyclic) bond motifs is 2. The summed E-state index contributed by atoms with van der Waals surface area (Å²) in [6, 6.07) is 7.29. The second-order valence-electron chi connectivity index (χ2n) is 6.58. The highest BCUT2D eigenvalue weighted by Gasteiger charge is 2.31. The monoisotopic (exact) mass is 369 g/mol. The standard InChI is InChI=1S/C19H19N3O5/c1-11-9-12-3-2-4-13(17(12)27-11)18(24)21-6-5-15-14(10-21)16(19(25)26)20-22(15)7-8-23/h2-4,9,23H,5-8,10H2,1H3,(H,25,26). The lowest BCUT2D eigenvalue weighted by Crippen LogP contribution is -2.37. The van der Waals surface area contributed by atoms with Crippen LogP contribution in [0.5, 0.6) is 0 Å². The van der Waals surface area contributed by atoms with Crippen molar-refractivity contribution in [2.45, 2.75) is 26.4 Å². The Hall–Kier alpha value is -3.13. The molecule has 140 valence electrons. The van der Waals surface area contributed by atoms with E-state index in [9.17, 15) is 19.8 Å². The number of benzene rings is 1. The molecule has 0 fully saturated rings. The zero-order chi connectivity index (χ0) is 19.1. The van der Waals surface area contributed by atoms with E-state index in [1.165, 1.54) is 4.68 Å². The molecule has 0 bridgehead atoms. The molecule has 8 nitrogen and oxygen atoms in total. The molecule has 0 unspecified atom stereocenters. The number of furan rings is 1. The van der Waals surface area contributed by atoms with Gasteiger partial charge in [-0.15, -0.1) is 0 Å². The van der Waals surface area contributed by atoms with Crippen LogP contribution in [0.1, 0.15) is 37.9 Å². The molecule has 1 amide bonds. The summed E-state index contributed by atoms with van der Waals surface area (Å²) in [6.07, 6.45) is 0.481. The fourth-order valence-electron chi connectivity index (χ4n) is 3.65. The van der Waals surface area contributed by atoms with Gasteiger partial charge in [0.05, 0.1) is 25.3 Å². The molecule has 3 heterocycles. The number of carbonyl (C=O) groups is 2. The largest absolute Gasteiger partial charge is 0.476 e.